The Bertz CT molecular complexity index is 2220. The number of carboxylic acid groups (broad SMARTS) is 5. The van der Waals surface area contributed by atoms with E-state index in [1.807, 2.05) is 42.5 Å². The van der Waals surface area contributed by atoms with Gasteiger partial charge in [0.25, 0.3) is 6.47 Å². The number of ketones is 1. The molecule has 67 heavy (non-hydrogen) atoms. The van der Waals surface area contributed by atoms with Crippen molar-refractivity contribution in [1.29, 1.82) is 0 Å². The van der Waals surface area contributed by atoms with Crippen LogP contribution in [0.4, 0.5) is 4.79 Å². The van der Waals surface area contributed by atoms with Crippen LogP contribution in [-0.2, 0) is 56.1 Å². The normalized spacial score (nSPS) is 13.6. The van der Waals surface area contributed by atoms with Gasteiger partial charge in [-0.15, -0.1) is 0 Å². The van der Waals surface area contributed by atoms with Gasteiger partial charge in [0.2, 0.25) is 11.8 Å². The molecule has 362 valence electrons. The minimum Gasteiger partial charge on any atom is -0.481 e. The van der Waals surface area contributed by atoms with Crippen LogP contribution in [-0.4, -0.2) is 121 Å². The van der Waals surface area contributed by atoms with Crippen LogP contribution in [0.2, 0.25) is 0 Å². The Morgan fingerprint density at radius 3 is 1.94 bits per heavy atom. The van der Waals surface area contributed by atoms with E-state index in [1.54, 1.807) is 0 Å². The lowest BCUT2D eigenvalue weighted by atomic mass is 9.89. The monoisotopic (exact) mass is 936 g/mol. The van der Waals surface area contributed by atoms with Crippen molar-refractivity contribution in [1.82, 2.24) is 26.3 Å². The molecule has 0 fully saturated rings. The molecule has 0 saturated carbocycles. The lowest BCUT2D eigenvalue weighted by molar-refractivity contribution is -0.157. The van der Waals surface area contributed by atoms with E-state index in [2.05, 4.69) is 26.3 Å². The van der Waals surface area contributed by atoms with Crippen LogP contribution < -0.4 is 27.0 Å². The second-order valence-corrected chi connectivity index (χ2v) is 15.8. The maximum Gasteiger partial charge on any atom is 0.345 e. The zero-order valence-corrected chi connectivity index (χ0v) is 36.5. The van der Waals surface area contributed by atoms with Crippen molar-refractivity contribution in [2.45, 2.75) is 108 Å². The Labute approximate surface area is 384 Å². The number of benzene rings is 2. The second kappa shape index (κ2) is 27.7. The molecule has 0 spiro atoms. The van der Waals surface area contributed by atoms with Crippen LogP contribution in [0, 0.1) is 11.8 Å². The molecule has 22 heteroatoms. The van der Waals surface area contributed by atoms with Gasteiger partial charge in [0.1, 0.15) is 12.1 Å². The van der Waals surface area contributed by atoms with Crippen molar-refractivity contribution >= 4 is 70.7 Å². The number of carbonyl (C=O) groups is 10. The summed E-state index contributed by atoms with van der Waals surface area (Å²) in [5.74, 6) is -10.7. The summed E-state index contributed by atoms with van der Waals surface area (Å²) < 4.78 is 4.79. The van der Waals surface area contributed by atoms with Crippen molar-refractivity contribution in [2.75, 3.05) is 6.54 Å². The summed E-state index contributed by atoms with van der Waals surface area (Å²) in [6, 6.07) is 10.9. The number of aliphatic carboxylic acids is 5. The summed E-state index contributed by atoms with van der Waals surface area (Å²) in [6.07, 6.45) is -2.66. The van der Waals surface area contributed by atoms with E-state index in [1.165, 1.54) is 18.3 Å². The molecule has 11 N–H and O–H groups in total. The molecule has 0 bridgehead atoms. The second-order valence-electron chi connectivity index (χ2n) is 15.8. The van der Waals surface area contributed by atoms with Crippen LogP contribution >= 0.6 is 0 Å². The van der Waals surface area contributed by atoms with E-state index < -0.39 is 122 Å². The maximum atomic E-state index is 13.9. The van der Waals surface area contributed by atoms with Crippen LogP contribution in [0.1, 0.15) is 92.2 Å². The van der Waals surface area contributed by atoms with E-state index in [0.29, 0.717) is 5.69 Å². The molecular formula is C45H56N6O16. The third kappa shape index (κ3) is 19.3. The van der Waals surface area contributed by atoms with Gasteiger partial charge in [0.05, 0.1) is 5.69 Å². The number of nitrogens with two attached hydrogens (primary N) is 1. The number of fused-ring (bicyclic) bond motifs is 1. The molecule has 3 aromatic rings. The first kappa shape index (κ1) is 53.8. The molecule has 0 aliphatic heterocycles. The van der Waals surface area contributed by atoms with Crippen molar-refractivity contribution in [3.63, 3.8) is 0 Å². The van der Waals surface area contributed by atoms with Crippen molar-refractivity contribution < 1.29 is 78.2 Å². The van der Waals surface area contributed by atoms with Gasteiger partial charge in [-0.1, -0.05) is 42.5 Å². The molecule has 6 unspecified atom stereocenters. The molecule has 0 aliphatic rings. The molecular weight excluding hydrogens is 881 g/mol. The molecule has 22 nitrogen and oxygen atoms in total. The summed E-state index contributed by atoms with van der Waals surface area (Å²) in [4.78, 5) is 127. The maximum absolute atomic E-state index is 13.9. The Morgan fingerprint density at radius 1 is 0.687 bits per heavy atom. The molecule has 1 aromatic heterocycles. The number of hydrogen-bond donors (Lipinski definition) is 10. The summed E-state index contributed by atoms with van der Waals surface area (Å²) in [5, 5.41) is 58.7. The number of hydrogen-bond acceptors (Lipinski definition) is 13. The first-order valence-corrected chi connectivity index (χ1v) is 21.4. The zero-order chi connectivity index (χ0) is 49.5. The summed E-state index contributed by atoms with van der Waals surface area (Å²) >= 11 is 0. The number of carboxylic acids is 5. The Kier molecular flexibility index (Phi) is 22.3. The van der Waals surface area contributed by atoms with Crippen molar-refractivity contribution in [2.24, 2.45) is 17.6 Å². The average molecular weight is 937 g/mol. The van der Waals surface area contributed by atoms with Gasteiger partial charge in [-0.3, -0.25) is 33.8 Å². The van der Waals surface area contributed by atoms with Crippen LogP contribution in [0.5, 0.6) is 0 Å². The fourth-order valence-corrected chi connectivity index (χ4v) is 7.13. The Balaban J connectivity index is 1.79. The molecule has 1 heterocycles. The van der Waals surface area contributed by atoms with Gasteiger partial charge in [-0.05, 0) is 79.8 Å². The third-order valence-corrected chi connectivity index (χ3v) is 10.8. The van der Waals surface area contributed by atoms with E-state index in [4.69, 9.17) is 15.6 Å². The number of amides is 4. The number of nitrogens with zero attached hydrogens (tertiary/aromatic N) is 1. The smallest absolute Gasteiger partial charge is 0.345 e. The highest BCUT2D eigenvalue weighted by molar-refractivity contribution is 5.98. The largest absolute Gasteiger partial charge is 0.481 e. The Hall–Kier alpha value is -7.49. The van der Waals surface area contributed by atoms with Gasteiger partial charge >= 0.3 is 35.9 Å². The van der Waals surface area contributed by atoms with Gasteiger partial charge < -0.3 is 57.3 Å². The zero-order valence-electron chi connectivity index (χ0n) is 36.5. The van der Waals surface area contributed by atoms with Crippen molar-refractivity contribution in [3.05, 3.63) is 77.6 Å². The fourth-order valence-electron chi connectivity index (χ4n) is 7.13. The van der Waals surface area contributed by atoms with E-state index in [9.17, 15) is 68.4 Å². The van der Waals surface area contributed by atoms with Crippen LogP contribution in [0.25, 0.3) is 10.8 Å². The highest BCUT2D eigenvalue weighted by Crippen LogP contribution is 2.24. The van der Waals surface area contributed by atoms with Crippen molar-refractivity contribution in [3.8, 4) is 0 Å². The number of carbonyl (C=O) groups excluding carboxylic acids is 5. The highest BCUT2D eigenvalue weighted by Gasteiger charge is 2.31. The lowest BCUT2D eigenvalue weighted by Gasteiger charge is -2.26. The summed E-state index contributed by atoms with van der Waals surface area (Å²) in [7, 11) is 0. The number of rotatable bonds is 32. The SMILES string of the molecule is NCc1ccc(C(=O)CC(CCC(=O)O)C(=O)NC(CCC(Cc2ccc3ccccc3c2)C(=O)NCCCCC(NC(=O)NC(CCC(=O)O)C(=O)O)C(=O)O)CC(OC=O)C(=O)O)cn1. The fraction of sp³-hybridized carbons (Fsp3) is 0.444. The molecule has 0 aliphatic carbocycles. The van der Waals surface area contributed by atoms with E-state index >= 15 is 0 Å². The van der Waals surface area contributed by atoms with Gasteiger partial charge in [-0.25, -0.2) is 19.2 Å². The minimum atomic E-state index is -1.73. The Morgan fingerprint density at radius 2 is 1.34 bits per heavy atom. The predicted octanol–water partition coefficient (Wildman–Crippen LogP) is 2.24. The number of unbranched alkanes of at least 4 members (excludes halogenated alkanes) is 1. The topological polar surface area (TPSA) is 368 Å². The molecule has 2 aromatic carbocycles. The third-order valence-electron chi connectivity index (χ3n) is 10.8. The number of Topliss-reactive ketones (excluding diaryl/α,β-unsaturated/α-hetero) is 1. The molecule has 0 saturated heterocycles. The van der Waals surface area contributed by atoms with Gasteiger partial charge in [0, 0.05) is 68.4 Å². The molecule has 4 amide bonds. The number of urea groups is 1. The highest BCUT2D eigenvalue weighted by atomic mass is 16.5. The van der Waals surface area contributed by atoms with E-state index in [-0.39, 0.29) is 70.1 Å². The number of aromatic nitrogens is 1. The number of pyridine rings is 1. The first-order valence-electron chi connectivity index (χ1n) is 21.4. The molecule has 0 radical (unpaired) electrons. The van der Waals surface area contributed by atoms with Crippen LogP contribution in [0.3, 0.4) is 0 Å². The predicted molar refractivity (Wildman–Crippen MR) is 235 cm³/mol. The summed E-state index contributed by atoms with van der Waals surface area (Å²) in [6.45, 7) is 0.0992. The number of ether oxygens (including phenoxy) is 1. The minimum absolute atomic E-state index is 0.0266. The van der Waals surface area contributed by atoms with Gasteiger partial charge in [0.15, 0.2) is 11.9 Å². The molecule has 3 rings (SSSR count). The van der Waals surface area contributed by atoms with E-state index in [0.717, 1.165) is 16.3 Å². The quantitative estimate of drug-likeness (QED) is 0.0244. The van der Waals surface area contributed by atoms with Crippen LogP contribution in [0.15, 0.2) is 60.8 Å². The lowest BCUT2D eigenvalue weighted by Crippen LogP contribution is -2.51. The molecule has 6 atom stereocenters. The average Bonchev–Trinajstić information content (AvgIpc) is 3.28. The standard InChI is InChI=1S/C45H56N6O16/c46-23-33-14-11-31(24-48-33)36(53)21-30(12-16-38(54)55)41(59)49-32(22-37(44(64)65)67-25-52)13-10-29(20-26-8-9-27-5-1-2-6-28(27)19-26)40(58)47-18-4-3-7-34(42(60)61)50-45(66)51-35(43(62)63)15-17-39(56)57/h1-2,5-6,8-9,11,14,19,24-25,29-30,32,34-35,37H,3-4,7,10,12-13,15-18,20-23,46H2,(H,47,58)(H,49,59)(H,54,55)(H,56,57)(H,60,61)(H,62,63)(H,64,65)(H2,50,51,66). The first-order chi connectivity index (χ1) is 31.9. The summed E-state index contributed by atoms with van der Waals surface area (Å²) in [5.41, 5.74) is 7.01. The van der Waals surface area contributed by atoms with Gasteiger partial charge in [-0.2, -0.15) is 0 Å². The number of nitrogens with one attached hydrogen (secondary N) is 4.